The topological polar surface area (TPSA) is 50.1 Å². The molecule has 1 atom stereocenters. The fraction of sp³-hybridized carbons (Fsp3) is 0.353. The predicted molar refractivity (Wildman–Crippen MR) is 91.2 cm³/mol. The zero-order valence-corrected chi connectivity index (χ0v) is 13.9. The molecule has 2 N–H and O–H groups in total. The Hall–Kier alpha value is -1.69. The highest BCUT2D eigenvalue weighted by Gasteiger charge is 2.13. The summed E-state index contributed by atoms with van der Waals surface area (Å²) in [5, 5.41) is 19.3. The molecule has 22 heavy (non-hydrogen) atoms. The lowest BCUT2D eigenvalue weighted by Gasteiger charge is -2.10. The fourth-order valence-electron chi connectivity index (χ4n) is 2.67. The molecule has 3 aromatic rings. The minimum absolute atomic E-state index is 0.477. The minimum atomic E-state index is -0.477. The maximum Gasteiger partial charge on any atom is 0.101 e. The number of thiophene rings is 1. The van der Waals surface area contributed by atoms with E-state index in [4.69, 9.17) is 0 Å². The number of aliphatic hydroxyl groups excluding tert-OH is 1. The number of benzene rings is 1. The van der Waals surface area contributed by atoms with E-state index in [2.05, 4.69) is 35.5 Å². The van der Waals surface area contributed by atoms with Crippen molar-refractivity contribution >= 4 is 21.4 Å². The number of hydrogen-bond acceptors (Lipinski definition) is 4. The largest absolute Gasteiger partial charge is 0.386 e. The Balaban J connectivity index is 1.63. The lowest BCUT2D eigenvalue weighted by Crippen LogP contribution is -2.21. The monoisotopic (exact) mass is 315 g/mol. The second-order valence-electron chi connectivity index (χ2n) is 5.61. The molecule has 2 aromatic heterocycles. The molecule has 0 saturated heterocycles. The summed E-state index contributed by atoms with van der Waals surface area (Å²) >= 11 is 1.66. The van der Waals surface area contributed by atoms with Crippen molar-refractivity contribution in [1.29, 1.82) is 0 Å². The van der Waals surface area contributed by atoms with Gasteiger partial charge in [-0.25, -0.2) is 0 Å². The highest BCUT2D eigenvalue weighted by atomic mass is 32.1. The molecule has 0 aliphatic heterocycles. The summed E-state index contributed by atoms with van der Waals surface area (Å²) in [6.45, 7) is 5.36. The SMILES string of the molecule is Cc1nn(C)c(C)c1CNCC(O)c1cc2ccccc2s1. The summed E-state index contributed by atoms with van der Waals surface area (Å²) in [6.07, 6.45) is -0.477. The van der Waals surface area contributed by atoms with Crippen molar-refractivity contribution in [2.45, 2.75) is 26.5 Å². The highest BCUT2D eigenvalue weighted by Crippen LogP contribution is 2.29. The van der Waals surface area contributed by atoms with E-state index in [-0.39, 0.29) is 0 Å². The second kappa shape index (κ2) is 6.20. The minimum Gasteiger partial charge on any atom is -0.386 e. The van der Waals surface area contributed by atoms with Crippen molar-refractivity contribution in [2.24, 2.45) is 7.05 Å². The van der Waals surface area contributed by atoms with Crippen LogP contribution in [0.15, 0.2) is 30.3 Å². The fourth-order valence-corrected chi connectivity index (χ4v) is 3.73. The van der Waals surface area contributed by atoms with Gasteiger partial charge in [-0.2, -0.15) is 5.10 Å². The van der Waals surface area contributed by atoms with Gasteiger partial charge in [-0.1, -0.05) is 18.2 Å². The molecule has 116 valence electrons. The maximum absolute atomic E-state index is 10.4. The number of rotatable bonds is 5. The van der Waals surface area contributed by atoms with E-state index >= 15 is 0 Å². The van der Waals surface area contributed by atoms with Crippen LogP contribution in [-0.2, 0) is 13.6 Å². The molecule has 0 radical (unpaired) electrons. The first-order valence-electron chi connectivity index (χ1n) is 7.42. The molecule has 4 nitrogen and oxygen atoms in total. The Morgan fingerprint density at radius 2 is 2.09 bits per heavy atom. The quantitative estimate of drug-likeness (QED) is 0.761. The summed E-state index contributed by atoms with van der Waals surface area (Å²) in [7, 11) is 1.96. The molecule has 1 aromatic carbocycles. The Labute approximate surface area is 134 Å². The molecule has 0 bridgehead atoms. The molecule has 5 heteroatoms. The average molecular weight is 315 g/mol. The number of fused-ring (bicyclic) bond motifs is 1. The number of hydrogen-bond donors (Lipinski definition) is 2. The van der Waals surface area contributed by atoms with Gasteiger partial charge in [0.2, 0.25) is 0 Å². The Morgan fingerprint density at radius 3 is 2.77 bits per heavy atom. The van der Waals surface area contributed by atoms with Gasteiger partial charge in [0.1, 0.15) is 6.10 Å². The number of nitrogens with one attached hydrogen (secondary N) is 1. The van der Waals surface area contributed by atoms with Crippen LogP contribution in [0, 0.1) is 13.8 Å². The van der Waals surface area contributed by atoms with E-state index in [1.165, 1.54) is 21.3 Å². The van der Waals surface area contributed by atoms with Gasteiger partial charge < -0.3 is 10.4 Å². The summed E-state index contributed by atoms with van der Waals surface area (Å²) in [6, 6.07) is 10.3. The molecular formula is C17H21N3OS. The van der Waals surface area contributed by atoms with Crippen molar-refractivity contribution in [3.8, 4) is 0 Å². The maximum atomic E-state index is 10.4. The molecule has 3 rings (SSSR count). The van der Waals surface area contributed by atoms with Gasteiger partial charge in [-0.15, -0.1) is 11.3 Å². The number of nitrogens with zero attached hydrogens (tertiary/aromatic N) is 2. The molecule has 1 unspecified atom stereocenters. The first-order chi connectivity index (χ1) is 10.6. The first kappa shape index (κ1) is 15.2. The van der Waals surface area contributed by atoms with Crippen molar-refractivity contribution in [2.75, 3.05) is 6.54 Å². The zero-order chi connectivity index (χ0) is 15.7. The van der Waals surface area contributed by atoms with Crippen LogP contribution in [0.5, 0.6) is 0 Å². The van der Waals surface area contributed by atoms with E-state index in [1.807, 2.05) is 30.8 Å². The molecule has 0 saturated carbocycles. The third kappa shape index (κ3) is 2.92. The van der Waals surface area contributed by atoms with E-state index < -0.39 is 6.10 Å². The van der Waals surface area contributed by atoms with Crippen LogP contribution >= 0.6 is 11.3 Å². The van der Waals surface area contributed by atoms with Gasteiger partial charge in [0.25, 0.3) is 0 Å². The van der Waals surface area contributed by atoms with E-state index in [9.17, 15) is 5.11 Å². The third-order valence-electron chi connectivity index (χ3n) is 4.07. The van der Waals surface area contributed by atoms with Crippen LogP contribution in [0.3, 0.4) is 0 Å². The predicted octanol–water partition coefficient (Wildman–Crippen LogP) is 3.07. The summed E-state index contributed by atoms with van der Waals surface area (Å²) in [4.78, 5) is 1.01. The summed E-state index contributed by atoms with van der Waals surface area (Å²) in [5.41, 5.74) is 3.43. The van der Waals surface area contributed by atoms with E-state index in [0.717, 1.165) is 17.1 Å². The lowest BCUT2D eigenvalue weighted by atomic mass is 10.2. The molecule has 0 amide bonds. The van der Waals surface area contributed by atoms with Gasteiger partial charge >= 0.3 is 0 Å². The first-order valence-corrected chi connectivity index (χ1v) is 8.24. The summed E-state index contributed by atoms with van der Waals surface area (Å²) in [5.74, 6) is 0. The van der Waals surface area contributed by atoms with Gasteiger partial charge in [0, 0.05) is 41.0 Å². The number of aromatic nitrogens is 2. The van der Waals surface area contributed by atoms with Crippen LogP contribution < -0.4 is 5.32 Å². The molecule has 0 spiro atoms. The smallest absolute Gasteiger partial charge is 0.101 e. The molecule has 2 heterocycles. The number of aryl methyl sites for hydroxylation is 2. The highest BCUT2D eigenvalue weighted by molar-refractivity contribution is 7.19. The van der Waals surface area contributed by atoms with Crippen molar-refractivity contribution in [3.05, 3.63) is 52.2 Å². The van der Waals surface area contributed by atoms with Crippen LogP contribution in [-0.4, -0.2) is 21.4 Å². The molecule has 0 aliphatic rings. The zero-order valence-electron chi connectivity index (χ0n) is 13.1. The standard InChI is InChI=1S/C17H21N3OS/c1-11-14(12(2)20(3)19-11)9-18-10-15(21)17-8-13-6-4-5-7-16(13)22-17/h4-8,15,18,21H,9-10H2,1-3H3. The van der Waals surface area contributed by atoms with Crippen LogP contribution in [0.2, 0.25) is 0 Å². The normalized spacial score (nSPS) is 12.9. The molecule has 0 fully saturated rings. The van der Waals surface area contributed by atoms with Crippen molar-refractivity contribution in [3.63, 3.8) is 0 Å². The van der Waals surface area contributed by atoms with Crippen LogP contribution in [0.1, 0.15) is 27.9 Å². The Kier molecular flexibility index (Phi) is 4.29. The van der Waals surface area contributed by atoms with Crippen LogP contribution in [0.25, 0.3) is 10.1 Å². The van der Waals surface area contributed by atoms with Gasteiger partial charge in [0.15, 0.2) is 0 Å². The van der Waals surface area contributed by atoms with Gasteiger partial charge in [-0.05, 0) is 31.4 Å². The summed E-state index contributed by atoms with van der Waals surface area (Å²) < 4.78 is 3.12. The number of aliphatic hydroxyl groups is 1. The van der Waals surface area contributed by atoms with Crippen molar-refractivity contribution < 1.29 is 5.11 Å². The van der Waals surface area contributed by atoms with E-state index in [1.54, 1.807) is 11.3 Å². The Bertz CT molecular complexity index is 757. The van der Waals surface area contributed by atoms with Crippen molar-refractivity contribution in [1.82, 2.24) is 15.1 Å². The Morgan fingerprint density at radius 1 is 1.32 bits per heavy atom. The lowest BCUT2D eigenvalue weighted by molar-refractivity contribution is 0.178. The van der Waals surface area contributed by atoms with E-state index in [0.29, 0.717) is 6.54 Å². The molecular weight excluding hydrogens is 294 g/mol. The molecule has 0 aliphatic carbocycles. The third-order valence-corrected chi connectivity index (χ3v) is 5.29. The van der Waals surface area contributed by atoms with Gasteiger partial charge in [0.05, 0.1) is 5.69 Å². The van der Waals surface area contributed by atoms with Gasteiger partial charge in [-0.3, -0.25) is 4.68 Å². The van der Waals surface area contributed by atoms with Crippen LogP contribution in [0.4, 0.5) is 0 Å². The average Bonchev–Trinajstić information content (AvgIpc) is 3.03. The second-order valence-corrected chi connectivity index (χ2v) is 6.72.